The first-order valence-electron chi connectivity index (χ1n) is 8.86. The number of rotatable bonds is 7. The quantitative estimate of drug-likeness (QED) is 0.454. The molecule has 0 aliphatic carbocycles. The van der Waals surface area contributed by atoms with Crippen LogP contribution in [0.15, 0.2) is 53.7 Å². The zero-order chi connectivity index (χ0) is 18.5. The van der Waals surface area contributed by atoms with Gasteiger partial charge in [0, 0.05) is 18.2 Å². The number of ketones is 1. The van der Waals surface area contributed by atoms with Gasteiger partial charge in [-0.25, -0.2) is 0 Å². The Morgan fingerprint density at radius 2 is 1.81 bits per heavy atom. The van der Waals surface area contributed by atoms with Gasteiger partial charge in [0.2, 0.25) is 0 Å². The van der Waals surface area contributed by atoms with Gasteiger partial charge >= 0.3 is 0 Å². The van der Waals surface area contributed by atoms with Gasteiger partial charge in [-0.2, -0.15) is 0 Å². The molecule has 0 atom stereocenters. The normalized spacial score (nSPS) is 10.9. The Morgan fingerprint density at radius 3 is 2.50 bits per heavy atom. The van der Waals surface area contributed by atoms with E-state index in [0.717, 1.165) is 40.5 Å². The van der Waals surface area contributed by atoms with Crippen molar-refractivity contribution in [1.82, 2.24) is 14.8 Å². The molecule has 134 valence electrons. The summed E-state index contributed by atoms with van der Waals surface area (Å²) in [6, 6.07) is 16.2. The molecule has 1 heterocycles. The maximum atomic E-state index is 12.8. The maximum Gasteiger partial charge on any atom is 0.191 e. The van der Waals surface area contributed by atoms with Crippen molar-refractivity contribution >= 4 is 17.5 Å². The van der Waals surface area contributed by atoms with E-state index in [1.165, 1.54) is 17.3 Å². The highest BCUT2D eigenvalue weighted by atomic mass is 32.2. The topological polar surface area (TPSA) is 47.8 Å². The molecule has 0 aliphatic heterocycles. The number of Topliss-reactive ketones (excluding diaryl/α,β-unsaturated/α-hetero) is 1. The lowest BCUT2D eigenvalue weighted by molar-refractivity contribution is 0.102. The van der Waals surface area contributed by atoms with Crippen LogP contribution in [0, 0.1) is 0 Å². The van der Waals surface area contributed by atoms with E-state index in [4.69, 9.17) is 0 Å². The summed E-state index contributed by atoms with van der Waals surface area (Å²) in [5.74, 6) is 1.31. The summed E-state index contributed by atoms with van der Waals surface area (Å²) in [4.78, 5) is 12.8. The van der Waals surface area contributed by atoms with E-state index in [1.54, 1.807) is 0 Å². The molecule has 0 fully saturated rings. The first-order valence-corrected chi connectivity index (χ1v) is 9.85. The predicted molar refractivity (Wildman–Crippen MR) is 107 cm³/mol. The molecule has 2 aromatic carbocycles. The standard InChI is InChI=1S/C21H23N3OS/c1-4-15-11-12-16(5-2)18(13-15)19(25)14-26-21-23-22-20(24(21)3)17-9-7-6-8-10-17/h6-13H,4-5,14H2,1-3H3. The largest absolute Gasteiger partial charge is 0.305 e. The third kappa shape index (κ3) is 3.88. The molecule has 0 saturated heterocycles. The summed E-state index contributed by atoms with van der Waals surface area (Å²) in [6.45, 7) is 4.19. The average molecular weight is 366 g/mol. The summed E-state index contributed by atoms with van der Waals surface area (Å²) in [5.41, 5.74) is 4.16. The predicted octanol–water partition coefficient (Wildman–Crippen LogP) is 4.58. The van der Waals surface area contributed by atoms with E-state index in [2.05, 4.69) is 36.2 Å². The number of aromatic nitrogens is 3. The molecule has 1 aromatic heterocycles. The van der Waals surface area contributed by atoms with Crippen LogP contribution >= 0.6 is 11.8 Å². The molecule has 0 radical (unpaired) electrons. The second kappa shape index (κ2) is 8.32. The van der Waals surface area contributed by atoms with Crippen molar-refractivity contribution < 1.29 is 4.79 Å². The number of nitrogens with zero attached hydrogens (tertiary/aromatic N) is 3. The van der Waals surface area contributed by atoms with Crippen molar-refractivity contribution in [2.24, 2.45) is 7.05 Å². The van der Waals surface area contributed by atoms with Crippen molar-refractivity contribution in [3.63, 3.8) is 0 Å². The second-order valence-electron chi connectivity index (χ2n) is 6.14. The van der Waals surface area contributed by atoms with Gasteiger partial charge in [-0.05, 0) is 30.0 Å². The molecule has 3 aromatic rings. The van der Waals surface area contributed by atoms with Crippen molar-refractivity contribution in [3.05, 3.63) is 65.2 Å². The molecule has 5 heteroatoms. The molecule has 3 rings (SSSR count). The molecule has 0 N–H and O–H groups in total. The summed E-state index contributed by atoms with van der Waals surface area (Å²) < 4.78 is 1.94. The Labute approximate surface area is 158 Å². The Balaban J connectivity index is 1.76. The minimum absolute atomic E-state index is 0.145. The van der Waals surface area contributed by atoms with Gasteiger partial charge in [0.1, 0.15) is 0 Å². The average Bonchev–Trinajstić information content (AvgIpc) is 3.06. The highest BCUT2D eigenvalue weighted by Gasteiger charge is 2.15. The Morgan fingerprint density at radius 1 is 1.04 bits per heavy atom. The fraction of sp³-hybridized carbons (Fsp3) is 0.286. The van der Waals surface area contributed by atoms with Gasteiger partial charge in [0.25, 0.3) is 0 Å². The molecule has 0 amide bonds. The summed E-state index contributed by atoms with van der Waals surface area (Å²) in [6.07, 6.45) is 1.79. The number of hydrogen-bond acceptors (Lipinski definition) is 4. The smallest absolute Gasteiger partial charge is 0.191 e. The zero-order valence-corrected chi connectivity index (χ0v) is 16.2. The lowest BCUT2D eigenvalue weighted by atomic mass is 9.98. The number of aryl methyl sites for hydroxylation is 2. The Kier molecular flexibility index (Phi) is 5.89. The van der Waals surface area contributed by atoms with Crippen molar-refractivity contribution in [1.29, 1.82) is 0 Å². The van der Waals surface area contributed by atoms with E-state index in [9.17, 15) is 4.79 Å². The van der Waals surface area contributed by atoms with E-state index in [-0.39, 0.29) is 5.78 Å². The van der Waals surface area contributed by atoms with E-state index < -0.39 is 0 Å². The van der Waals surface area contributed by atoms with Gasteiger partial charge in [0.05, 0.1) is 5.75 Å². The third-order valence-electron chi connectivity index (χ3n) is 4.46. The molecule has 0 bridgehead atoms. The van der Waals surface area contributed by atoms with Gasteiger partial charge in [-0.15, -0.1) is 10.2 Å². The van der Waals surface area contributed by atoms with Crippen LogP contribution in [0.4, 0.5) is 0 Å². The molecule has 26 heavy (non-hydrogen) atoms. The highest BCUT2D eigenvalue weighted by Crippen LogP contribution is 2.24. The summed E-state index contributed by atoms with van der Waals surface area (Å²) >= 11 is 1.44. The fourth-order valence-electron chi connectivity index (χ4n) is 2.90. The first kappa shape index (κ1) is 18.4. The third-order valence-corrected chi connectivity index (χ3v) is 5.48. The summed E-state index contributed by atoms with van der Waals surface area (Å²) in [5, 5.41) is 9.29. The molecule has 0 unspecified atom stereocenters. The highest BCUT2D eigenvalue weighted by molar-refractivity contribution is 7.99. The SMILES string of the molecule is CCc1ccc(CC)c(C(=O)CSc2nnc(-c3ccccc3)n2C)c1. The van der Waals surface area contributed by atoms with Gasteiger partial charge < -0.3 is 4.57 Å². The Bertz CT molecular complexity index is 903. The van der Waals surface area contributed by atoms with Crippen LogP contribution in [-0.4, -0.2) is 26.3 Å². The fourth-order valence-corrected chi connectivity index (χ4v) is 3.69. The Hall–Kier alpha value is -2.40. The summed E-state index contributed by atoms with van der Waals surface area (Å²) in [7, 11) is 1.93. The monoisotopic (exact) mass is 365 g/mol. The van der Waals surface area contributed by atoms with Gasteiger partial charge in [0.15, 0.2) is 16.8 Å². The van der Waals surface area contributed by atoms with Crippen LogP contribution in [0.3, 0.4) is 0 Å². The molecular weight excluding hydrogens is 342 g/mol. The zero-order valence-electron chi connectivity index (χ0n) is 15.4. The van der Waals surface area contributed by atoms with Crippen LogP contribution in [0.1, 0.15) is 35.3 Å². The van der Waals surface area contributed by atoms with E-state index in [0.29, 0.717) is 5.75 Å². The van der Waals surface area contributed by atoms with Crippen LogP contribution in [-0.2, 0) is 19.9 Å². The van der Waals surface area contributed by atoms with Crippen molar-refractivity contribution in [3.8, 4) is 11.4 Å². The second-order valence-corrected chi connectivity index (χ2v) is 7.08. The number of carbonyl (C=O) groups excluding carboxylic acids is 1. The number of hydrogen-bond donors (Lipinski definition) is 0. The molecule has 0 saturated carbocycles. The molecular formula is C21H23N3OS. The van der Waals surface area contributed by atoms with Gasteiger partial charge in [-0.3, -0.25) is 4.79 Å². The van der Waals surface area contributed by atoms with Crippen LogP contribution in [0.25, 0.3) is 11.4 Å². The molecule has 0 aliphatic rings. The first-order chi connectivity index (χ1) is 12.6. The number of thioether (sulfide) groups is 1. The maximum absolute atomic E-state index is 12.8. The number of benzene rings is 2. The minimum atomic E-state index is 0.145. The molecule has 0 spiro atoms. The molecule has 4 nitrogen and oxygen atoms in total. The van der Waals surface area contributed by atoms with Crippen LogP contribution < -0.4 is 0 Å². The van der Waals surface area contributed by atoms with Crippen LogP contribution in [0.2, 0.25) is 0 Å². The lowest BCUT2D eigenvalue weighted by Crippen LogP contribution is -2.08. The minimum Gasteiger partial charge on any atom is -0.305 e. The number of carbonyl (C=O) groups is 1. The lowest BCUT2D eigenvalue weighted by Gasteiger charge is -2.09. The van der Waals surface area contributed by atoms with Crippen LogP contribution in [0.5, 0.6) is 0 Å². The van der Waals surface area contributed by atoms with Crippen molar-refractivity contribution in [2.45, 2.75) is 31.8 Å². The van der Waals surface area contributed by atoms with E-state index in [1.807, 2.05) is 48.0 Å². The van der Waals surface area contributed by atoms with Gasteiger partial charge in [-0.1, -0.05) is 68.1 Å². The van der Waals surface area contributed by atoms with Crippen molar-refractivity contribution in [2.75, 3.05) is 5.75 Å². The van der Waals surface area contributed by atoms with E-state index >= 15 is 0 Å².